The summed E-state index contributed by atoms with van der Waals surface area (Å²) in [4.78, 5) is 9.00. The van der Waals surface area contributed by atoms with Crippen molar-refractivity contribution in [2.24, 2.45) is 0 Å². The Labute approximate surface area is 114 Å². The minimum atomic E-state index is -0.177. The number of aromatic nitrogens is 2. The van der Waals surface area contributed by atoms with E-state index < -0.39 is 0 Å². The Hall–Kier alpha value is -1.40. The molecule has 0 bridgehead atoms. The minimum Gasteiger partial charge on any atom is -0.394 e. The van der Waals surface area contributed by atoms with Crippen LogP contribution >= 0.6 is 0 Å². The molecule has 3 N–H and O–H groups in total. The van der Waals surface area contributed by atoms with Crippen molar-refractivity contribution in [2.75, 3.05) is 38.0 Å². The minimum absolute atomic E-state index is 0.0107. The largest absolute Gasteiger partial charge is 0.394 e. The molecule has 1 atom stereocenters. The Balaban J connectivity index is 3.07. The van der Waals surface area contributed by atoms with Gasteiger partial charge >= 0.3 is 0 Å². The van der Waals surface area contributed by atoms with E-state index in [1.165, 1.54) is 0 Å². The molecule has 0 radical (unpaired) electrons. The molecule has 0 aliphatic carbocycles. The van der Waals surface area contributed by atoms with Crippen LogP contribution in [0.1, 0.15) is 31.2 Å². The molecule has 0 aliphatic rings. The normalized spacial score (nSPS) is 12.6. The predicted molar refractivity (Wildman–Crippen MR) is 76.8 cm³/mol. The van der Waals surface area contributed by atoms with Crippen molar-refractivity contribution in [3.05, 3.63) is 11.4 Å². The van der Waals surface area contributed by atoms with E-state index in [1.807, 2.05) is 27.8 Å². The van der Waals surface area contributed by atoms with Crippen molar-refractivity contribution in [1.82, 2.24) is 9.97 Å². The number of hydrogen-bond donors (Lipinski definition) is 3. The molecule has 1 aromatic heterocycles. The highest BCUT2D eigenvalue weighted by atomic mass is 16.5. The van der Waals surface area contributed by atoms with Gasteiger partial charge in [-0.2, -0.15) is 0 Å². The summed E-state index contributed by atoms with van der Waals surface area (Å²) < 4.78 is 5.06. The van der Waals surface area contributed by atoms with Gasteiger partial charge in [0.15, 0.2) is 0 Å². The summed E-state index contributed by atoms with van der Waals surface area (Å²) in [7, 11) is 3.44. The summed E-state index contributed by atoms with van der Waals surface area (Å²) in [6.45, 7) is 6.45. The predicted octanol–water partition coefficient (Wildman–Crippen LogP) is 1.37. The monoisotopic (exact) mass is 268 g/mol. The van der Waals surface area contributed by atoms with E-state index in [-0.39, 0.29) is 18.6 Å². The number of ether oxygens (including phenoxy) is 1. The highest BCUT2D eigenvalue weighted by Crippen LogP contribution is 2.23. The van der Waals surface area contributed by atoms with Gasteiger partial charge in [-0.25, -0.2) is 9.97 Å². The first kappa shape index (κ1) is 15.7. The summed E-state index contributed by atoms with van der Waals surface area (Å²) in [5, 5.41) is 15.6. The quantitative estimate of drug-likeness (QED) is 0.693. The number of hydrogen-bond acceptors (Lipinski definition) is 6. The molecule has 6 nitrogen and oxygen atoms in total. The lowest BCUT2D eigenvalue weighted by Crippen LogP contribution is -2.30. The van der Waals surface area contributed by atoms with Gasteiger partial charge in [0.1, 0.15) is 17.5 Å². The second kappa shape index (κ2) is 7.25. The smallest absolute Gasteiger partial charge is 0.135 e. The molecule has 0 aromatic carbocycles. The molecule has 6 heteroatoms. The topological polar surface area (TPSA) is 79.3 Å². The highest BCUT2D eigenvalue weighted by molar-refractivity contribution is 5.57. The van der Waals surface area contributed by atoms with Gasteiger partial charge in [-0.15, -0.1) is 0 Å². The Morgan fingerprint density at radius 3 is 2.37 bits per heavy atom. The van der Waals surface area contributed by atoms with Gasteiger partial charge in [-0.1, -0.05) is 13.8 Å². The maximum atomic E-state index is 9.31. The van der Waals surface area contributed by atoms with Crippen molar-refractivity contribution in [3.8, 4) is 0 Å². The van der Waals surface area contributed by atoms with Gasteiger partial charge < -0.3 is 20.5 Å². The van der Waals surface area contributed by atoms with Crippen molar-refractivity contribution in [1.29, 1.82) is 0 Å². The molecular formula is C13H24N4O2. The maximum absolute atomic E-state index is 9.31. The van der Waals surface area contributed by atoms with E-state index in [0.29, 0.717) is 6.61 Å². The van der Waals surface area contributed by atoms with E-state index in [1.54, 1.807) is 7.11 Å². The molecule has 0 saturated carbocycles. The Morgan fingerprint density at radius 2 is 1.89 bits per heavy atom. The molecule has 1 rings (SSSR count). The van der Waals surface area contributed by atoms with Crippen LogP contribution in [0.25, 0.3) is 0 Å². The third-order valence-electron chi connectivity index (χ3n) is 2.85. The first-order valence-corrected chi connectivity index (χ1v) is 6.46. The number of nitrogens with zero attached hydrogens (tertiary/aromatic N) is 2. The fourth-order valence-corrected chi connectivity index (χ4v) is 1.71. The molecular weight excluding hydrogens is 244 g/mol. The zero-order valence-corrected chi connectivity index (χ0v) is 12.3. The van der Waals surface area contributed by atoms with Crippen LogP contribution in [0.2, 0.25) is 0 Å². The van der Waals surface area contributed by atoms with Crippen LogP contribution < -0.4 is 10.6 Å². The zero-order valence-electron chi connectivity index (χ0n) is 12.3. The lowest BCUT2D eigenvalue weighted by molar-refractivity contribution is 0.153. The Bertz CT molecular complexity index is 410. The van der Waals surface area contributed by atoms with E-state index in [0.717, 1.165) is 23.0 Å². The van der Waals surface area contributed by atoms with Crippen LogP contribution in [0.4, 0.5) is 11.6 Å². The van der Waals surface area contributed by atoms with Crippen molar-refractivity contribution in [3.63, 3.8) is 0 Å². The summed E-state index contributed by atoms with van der Waals surface area (Å²) in [5.74, 6) is 2.55. The number of methoxy groups -OCH3 is 1. The van der Waals surface area contributed by atoms with Gasteiger partial charge in [-0.05, 0) is 6.92 Å². The number of anilines is 2. The SMILES string of the molecule is CNc1nc(C(C)C)nc(NC(CO)COC)c1C. The van der Waals surface area contributed by atoms with E-state index in [9.17, 15) is 5.11 Å². The standard InChI is InChI=1S/C13H24N4O2/c1-8(2)11-16-12(14-4)9(3)13(17-11)15-10(6-18)7-19-5/h8,10,18H,6-7H2,1-5H3,(H2,14,15,16,17). The van der Waals surface area contributed by atoms with Gasteiger partial charge in [0.05, 0.1) is 19.3 Å². The third-order valence-corrected chi connectivity index (χ3v) is 2.85. The Kier molecular flexibility index (Phi) is 5.98. The Morgan fingerprint density at radius 1 is 1.26 bits per heavy atom. The second-order valence-electron chi connectivity index (χ2n) is 4.79. The van der Waals surface area contributed by atoms with Gasteiger partial charge in [0.25, 0.3) is 0 Å². The highest BCUT2D eigenvalue weighted by Gasteiger charge is 2.15. The molecule has 1 aromatic rings. The molecule has 19 heavy (non-hydrogen) atoms. The van der Waals surface area contributed by atoms with Crippen LogP contribution in [0.15, 0.2) is 0 Å². The van der Waals surface area contributed by atoms with E-state index in [4.69, 9.17) is 4.74 Å². The lowest BCUT2D eigenvalue weighted by Gasteiger charge is -2.20. The lowest BCUT2D eigenvalue weighted by atomic mass is 10.2. The number of nitrogens with one attached hydrogen (secondary N) is 2. The van der Waals surface area contributed by atoms with Crippen LogP contribution in [-0.2, 0) is 4.74 Å². The van der Waals surface area contributed by atoms with E-state index >= 15 is 0 Å². The van der Waals surface area contributed by atoms with Crippen molar-refractivity contribution >= 4 is 11.6 Å². The average molecular weight is 268 g/mol. The van der Waals surface area contributed by atoms with Gasteiger partial charge in [0, 0.05) is 25.6 Å². The fourth-order valence-electron chi connectivity index (χ4n) is 1.71. The second-order valence-corrected chi connectivity index (χ2v) is 4.79. The molecule has 0 fully saturated rings. The molecule has 0 spiro atoms. The summed E-state index contributed by atoms with van der Waals surface area (Å²) in [6.07, 6.45) is 0. The zero-order chi connectivity index (χ0) is 14.4. The molecule has 1 heterocycles. The fraction of sp³-hybridized carbons (Fsp3) is 0.692. The first-order chi connectivity index (χ1) is 9.03. The number of aliphatic hydroxyl groups excluding tert-OH is 1. The van der Waals surface area contributed by atoms with Crippen molar-refractivity contribution < 1.29 is 9.84 Å². The van der Waals surface area contributed by atoms with Gasteiger partial charge in [0.2, 0.25) is 0 Å². The molecule has 0 amide bonds. The van der Waals surface area contributed by atoms with Crippen LogP contribution in [0.3, 0.4) is 0 Å². The van der Waals surface area contributed by atoms with Crippen LogP contribution in [0, 0.1) is 6.92 Å². The number of aliphatic hydroxyl groups is 1. The molecule has 0 saturated heterocycles. The molecule has 108 valence electrons. The van der Waals surface area contributed by atoms with Crippen LogP contribution in [0.5, 0.6) is 0 Å². The summed E-state index contributed by atoms with van der Waals surface area (Å²) in [6, 6.07) is -0.177. The average Bonchev–Trinajstić information content (AvgIpc) is 2.39. The third kappa shape index (κ3) is 4.04. The van der Waals surface area contributed by atoms with Crippen LogP contribution in [-0.4, -0.2) is 48.5 Å². The van der Waals surface area contributed by atoms with Crippen molar-refractivity contribution in [2.45, 2.75) is 32.7 Å². The molecule has 1 unspecified atom stereocenters. The van der Waals surface area contributed by atoms with E-state index in [2.05, 4.69) is 20.6 Å². The summed E-state index contributed by atoms with van der Waals surface area (Å²) in [5.41, 5.74) is 0.932. The maximum Gasteiger partial charge on any atom is 0.135 e. The summed E-state index contributed by atoms with van der Waals surface area (Å²) >= 11 is 0. The van der Waals surface area contributed by atoms with Gasteiger partial charge in [-0.3, -0.25) is 0 Å². The number of rotatable bonds is 7. The molecule has 0 aliphatic heterocycles. The first-order valence-electron chi connectivity index (χ1n) is 6.46.